The fraction of sp³-hybridized carbons (Fsp3) is 0.160. The van der Waals surface area contributed by atoms with E-state index < -0.39 is 24.0 Å². The number of nitrogens with zero attached hydrogens (tertiary/aromatic N) is 1. The number of fused-ring (bicyclic) bond motifs is 4. The molecule has 160 valence electrons. The van der Waals surface area contributed by atoms with Crippen molar-refractivity contribution >= 4 is 29.3 Å². The van der Waals surface area contributed by atoms with Crippen LogP contribution in [0, 0.1) is 0 Å². The normalized spacial score (nSPS) is 16.6. The van der Waals surface area contributed by atoms with Gasteiger partial charge in [-0.2, -0.15) is 0 Å². The van der Waals surface area contributed by atoms with Gasteiger partial charge in [0, 0.05) is 5.92 Å². The number of anilines is 2. The molecule has 0 spiro atoms. The van der Waals surface area contributed by atoms with Gasteiger partial charge in [-0.1, -0.05) is 54.6 Å². The maximum atomic E-state index is 13.2. The molecule has 3 aromatic carbocycles. The first kappa shape index (κ1) is 19.8. The van der Waals surface area contributed by atoms with Crippen molar-refractivity contribution < 1.29 is 24.2 Å². The van der Waals surface area contributed by atoms with Gasteiger partial charge in [0.15, 0.2) is 0 Å². The third-order valence-electron chi connectivity index (χ3n) is 6.06. The highest BCUT2D eigenvalue weighted by molar-refractivity contribution is 6.14. The van der Waals surface area contributed by atoms with Gasteiger partial charge in [-0.05, 0) is 41.3 Å². The lowest BCUT2D eigenvalue weighted by atomic mass is 9.98. The van der Waals surface area contributed by atoms with Crippen LogP contribution in [0.5, 0.6) is 0 Å². The zero-order valence-corrected chi connectivity index (χ0v) is 17.2. The molecule has 1 atom stereocenters. The number of hydrogen-bond donors (Lipinski definition) is 2. The van der Waals surface area contributed by atoms with E-state index in [2.05, 4.69) is 5.32 Å². The molecule has 0 bridgehead atoms. The van der Waals surface area contributed by atoms with Crippen molar-refractivity contribution in [2.24, 2.45) is 0 Å². The maximum Gasteiger partial charge on any atom is 0.415 e. The minimum atomic E-state index is -1.19. The average molecular weight is 428 g/mol. The van der Waals surface area contributed by atoms with Crippen molar-refractivity contribution in [1.29, 1.82) is 0 Å². The first-order valence-corrected chi connectivity index (χ1v) is 10.3. The number of ether oxygens (including phenoxy) is 1. The smallest absolute Gasteiger partial charge is 0.415 e. The van der Waals surface area contributed by atoms with E-state index in [1.807, 2.05) is 48.5 Å². The monoisotopic (exact) mass is 428 g/mol. The van der Waals surface area contributed by atoms with Crippen molar-refractivity contribution in [3.8, 4) is 11.1 Å². The second kappa shape index (κ2) is 7.53. The van der Waals surface area contributed by atoms with E-state index in [4.69, 9.17) is 4.74 Å². The summed E-state index contributed by atoms with van der Waals surface area (Å²) in [5.41, 5.74) is 4.66. The number of carbonyl (C=O) groups is 3. The number of aromatic carboxylic acids is 1. The number of carbonyl (C=O) groups excluding carboxylic acids is 2. The molecule has 2 N–H and O–H groups in total. The summed E-state index contributed by atoms with van der Waals surface area (Å²) < 4.78 is 5.70. The molecule has 5 rings (SSSR count). The number of hydrogen-bond acceptors (Lipinski definition) is 4. The number of benzene rings is 3. The molecule has 0 aromatic heterocycles. The van der Waals surface area contributed by atoms with E-state index in [1.54, 1.807) is 13.0 Å². The maximum absolute atomic E-state index is 13.2. The Morgan fingerprint density at radius 1 is 0.969 bits per heavy atom. The summed E-state index contributed by atoms with van der Waals surface area (Å²) in [7, 11) is 0. The number of rotatable bonds is 3. The molecule has 1 aliphatic carbocycles. The SMILES string of the molecule is CC1C(=O)Nc2cccc(C(=O)O)c2N1C(=O)OCC1c2ccccc2-c2ccccc21. The Bertz CT molecular complexity index is 1220. The van der Waals surface area contributed by atoms with Crippen molar-refractivity contribution in [3.05, 3.63) is 83.4 Å². The molecule has 7 nitrogen and oxygen atoms in total. The lowest BCUT2D eigenvalue weighted by Gasteiger charge is -2.34. The summed E-state index contributed by atoms with van der Waals surface area (Å²) in [6.45, 7) is 1.61. The van der Waals surface area contributed by atoms with Crippen LogP contribution in [0.3, 0.4) is 0 Å². The molecule has 32 heavy (non-hydrogen) atoms. The van der Waals surface area contributed by atoms with Gasteiger partial charge in [0.25, 0.3) is 0 Å². The van der Waals surface area contributed by atoms with Gasteiger partial charge in [-0.3, -0.25) is 9.69 Å². The van der Waals surface area contributed by atoms with Gasteiger partial charge in [-0.25, -0.2) is 9.59 Å². The Morgan fingerprint density at radius 2 is 1.59 bits per heavy atom. The standard InChI is InChI=1S/C25H20N2O5/c1-14-23(28)26-21-12-6-11-19(24(29)30)22(21)27(14)25(31)32-13-20-17-9-4-2-7-15(17)16-8-3-5-10-18(16)20/h2-12,14,20H,13H2,1H3,(H,26,28)(H,29,30). The Hall–Kier alpha value is -4.13. The highest BCUT2D eigenvalue weighted by Gasteiger charge is 2.38. The molecule has 1 unspecified atom stereocenters. The lowest BCUT2D eigenvalue weighted by Crippen LogP contribution is -2.50. The third-order valence-corrected chi connectivity index (χ3v) is 6.06. The van der Waals surface area contributed by atoms with Crippen LogP contribution in [0.15, 0.2) is 66.7 Å². The summed E-state index contributed by atoms with van der Waals surface area (Å²) >= 11 is 0. The van der Waals surface area contributed by atoms with Gasteiger partial charge >= 0.3 is 12.1 Å². The Balaban J connectivity index is 1.47. The number of carboxylic acid groups (broad SMARTS) is 1. The quantitative estimate of drug-likeness (QED) is 0.641. The van der Waals surface area contributed by atoms with Crippen LogP contribution < -0.4 is 10.2 Å². The number of nitrogens with one attached hydrogen (secondary N) is 1. The van der Waals surface area contributed by atoms with Gasteiger partial charge in [0.1, 0.15) is 12.6 Å². The van der Waals surface area contributed by atoms with E-state index in [0.29, 0.717) is 0 Å². The van der Waals surface area contributed by atoms with E-state index in [-0.39, 0.29) is 29.5 Å². The zero-order chi connectivity index (χ0) is 22.4. The Labute approximate surface area is 184 Å². The molecule has 2 aliphatic rings. The van der Waals surface area contributed by atoms with Crippen LogP contribution in [0.1, 0.15) is 34.3 Å². The van der Waals surface area contributed by atoms with Crippen LogP contribution in [0.4, 0.5) is 16.2 Å². The molecule has 1 heterocycles. The van der Waals surface area contributed by atoms with Crippen LogP contribution in [0.25, 0.3) is 11.1 Å². The predicted molar refractivity (Wildman–Crippen MR) is 119 cm³/mol. The van der Waals surface area contributed by atoms with Crippen molar-refractivity contribution in [2.45, 2.75) is 18.9 Å². The predicted octanol–water partition coefficient (Wildman–Crippen LogP) is 4.48. The topological polar surface area (TPSA) is 95.9 Å². The van der Waals surface area contributed by atoms with E-state index >= 15 is 0 Å². The van der Waals surface area contributed by atoms with E-state index in [1.165, 1.54) is 12.1 Å². The molecule has 0 fully saturated rings. The third kappa shape index (κ3) is 3.01. The van der Waals surface area contributed by atoms with Crippen LogP contribution in [-0.4, -0.2) is 35.7 Å². The summed E-state index contributed by atoms with van der Waals surface area (Å²) in [5, 5.41) is 12.3. The highest BCUT2D eigenvalue weighted by Crippen LogP contribution is 2.45. The number of carboxylic acids is 1. The molecular formula is C25H20N2O5. The van der Waals surface area contributed by atoms with Crippen molar-refractivity contribution in [1.82, 2.24) is 0 Å². The summed E-state index contributed by atoms with van der Waals surface area (Å²) in [6, 6.07) is 19.5. The number of para-hydroxylation sites is 1. The van der Waals surface area contributed by atoms with Gasteiger partial charge in [-0.15, -0.1) is 0 Å². The summed E-state index contributed by atoms with van der Waals surface area (Å²) in [6.07, 6.45) is -0.760. The Morgan fingerprint density at radius 3 is 2.22 bits per heavy atom. The minimum Gasteiger partial charge on any atom is -0.478 e. The Kier molecular flexibility index (Phi) is 4.66. The first-order chi connectivity index (χ1) is 15.5. The second-order valence-corrected chi connectivity index (χ2v) is 7.85. The van der Waals surface area contributed by atoms with Gasteiger partial charge in [0.05, 0.1) is 16.9 Å². The van der Waals surface area contributed by atoms with Crippen molar-refractivity contribution in [3.63, 3.8) is 0 Å². The molecule has 0 saturated carbocycles. The first-order valence-electron chi connectivity index (χ1n) is 10.3. The molecule has 3 aromatic rings. The minimum absolute atomic E-state index is 0.0717. The molecular weight excluding hydrogens is 408 g/mol. The molecule has 1 aliphatic heterocycles. The van der Waals surface area contributed by atoms with Crippen LogP contribution in [-0.2, 0) is 9.53 Å². The zero-order valence-electron chi connectivity index (χ0n) is 17.2. The molecule has 0 radical (unpaired) electrons. The molecule has 7 heteroatoms. The average Bonchev–Trinajstić information content (AvgIpc) is 3.11. The second-order valence-electron chi connectivity index (χ2n) is 7.85. The van der Waals surface area contributed by atoms with Gasteiger partial charge < -0.3 is 15.2 Å². The van der Waals surface area contributed by atoms with Crippen molar-refractivity contribution in [2.75, 3.05) is 16.8 Å². The fourth-order valence-electron chi connectivity index (χ4n) is 4.54. The summed E-state index contributed by atoms with van der Waals surface area (Å²) in [5.74, 6) is -1.75. The van der Waals surface area contributed by atoms with Crippen LogP contribution >= 0.6 is 0 Å². The van der Waals surface area contributed by atoms with Gasteiger partial charge in [0.2, 0.25) is 5.91 Å². The largest absolute Gasteiger partial charge is 0.478 e. The number of amides is 2. The van der Waals surface area contributed by atoms with E-state index in [9.17, 15) is 19.5 Å². The molecule has 2 amide bonds. The fourth-order valence-corrected chi connectivity index (χ4v) is 4.54. The van der Waals surface area contributed by atoms with E-state index in [0.717, 1.165) is 27.2 Å². The highest BCUT2D eigenvalue weighted by atomic mass is 16.6. The summed E-state index contributed by atoms with van der Waals surface area (Å²) in [4.78, 5) is 38.5. The molecule has 0 saturated heterocycles. The van der Waals surface area contributed by atoms with Crippen LogP contribution in [0.2, 0.25) is 0 Å². The lowest BCUT2D eigenvalue weighted by molar-refractivity contribution is -0.117.